The van der Waals surface area contributed by atoms with E-state index in [4.69, 9.17) is 9.05 Å². The van der Waals surface area contributed by atoms with E-state index in [0.717, 1.165) is 128 Å². The number of quaternary nitrogens is 1. The molecule has 0 aromatic carbocycles. The van der Waals surface area contributed by atoms with E-state index in [0.29, 0.717) is 17.4 Å². The van der Waals surface area contributed by atoms with E-state index in [1.165, 1.54) is 161 Å². The van der Waals surface area contributed by atoms with Crippen molar-refractivity contribution in [2.45, 2.75) is 321 Å². The van der Waals surface area contributed by atoms with Crippen LogP contribution in [-0.4, -0.2) is 73.4 Å². The first-order valence-corrected chi connectivity index (χ1v) is 39.4. The molecule has 3 atom stereocenters. The smallest absolute Gasteiger partial charge is 0.387 e. The molecule has 0 aliphatic carbocycles. The Morgan fingerprint density at radius 1 is 0.380 bits per heavy atom. The number of likely N-dealkylation sites (N-methyl/N-ethyl adjacent to an activating group) is 1. The number of allylic oxidation sites excluding steroid dienone is 25. The molecule has 0 aliphatic heterocycles. The number of amides is 1. The lowest BCUT2D eigenvalue weighted by Gasteiger charge is -2.25. The summed E-state index contributed by atoms with van der Waals surface area (Å²) >= 11 is 0. The molecule has 526 valence electrons. The van der Waals surface area contributed by atoms with Crippen LogP contribution < -0.4 is 5.32 Å². The third-order valence-electron chi connectivity index (χ3n) is 16.3. The van der Waals surface area contributed by atoms with Gasteiger partial charge in [-0.3, -0.25) is 13.8 Å². The Balaban J connectivity index is 4.17. The molecule has 0 radical (unpaired) electrons. The van der Waals surface area contributed by atoms with E-state index in [-0.39, 0.29) is 19.1 Å². The zero-order valence-electron chi connectivity index (χ0n) is 60.2. The summed E-state index contributed by atoms with van der Waals surface area (Å²) in [4.78, 5) is 23.5. The second-order valence-corrected chi connectivity index (χ2v) is 27.7. The number of phosphoric acid groups is 1. The topological polar surface area (TPSA) is 105 Å². The Morgan fingerprint density at radius 3 is 0.957 bits per heavy atom. The molecule has 0 spiro atoms. The number of carbonyl (C=O) groups excluding carboxylic acids is 1. The number of hydrogen-bond donors (Lipinski definition) is 3. The average Bonchev–Trinajstić information content (AvgIpc) is 2.63. The van der Waals surface area contributed by atoms with Crippen LogP contribution in [-0.2, 0) is 18.4 Å². The first-order valence-electron chi connectivity index (χ1n) is 37.9. The number of aliphatic hydroxyl groups excluding tert-OH is 1. The third-order valence-corrected chi connectivity index (χ3v) is 17.2. The molecule has 0 bridgehead atoms. The maximum absolute atomic E-state index is 13.1. The van der Waals surface area contributed by atoms with Crippen molar-refractivity contribution in [2.24, 2.45) is 0 Å². The van der Waals surface area contributed by atoms with Crippen LogP contribution in [0.1, 0.15) is 309 Å². The number of nitrogens with one attached hydrogen (secondary N) is 1. The van der Waals surface area contributed by atoms with Gasteiger partial charge >= 0.3 is 7.82 Å². The van der Waals surface area contributed by atoms with E-state index in [1.807, 2.05) is 27.2 Å². The van der Waals surface area contributed by atoms with Crippen LogP contribution in [0.3, 0.4) is 0 Å². The molecular formula is C83H144N2O6P+. The molecule has 0 saturated carbocycles. The molecule has 0 rings (SSSR count). The van der Waals surface area contributed by atoms with Gasteiger partial charge in [-0.15, -0.1) is 0 Å². The van der Waals surface area contributed by atoms with Crippen molar-refractivity contribution in [1.82, 2.24) is 5.32 Å². The van der Waals surface area contributed by atoms with Crippen LogP contribution >= 0.6 is 7.82 Å². The number of hydrogen-bond acceptors (Lipinski definition) is 5. The maximum Gasteiger partial charge on any atom is 0.472 e. The second kappa shape index (κ2) is 71.4. The lowest BCUT2D eigenvalue weighted by molar-refractivity contribution is -0.870. The molecule has 0 aromatic rings. The van der Waals surface area contributed by atoms with E-state index >= 15 is 0 Å². The standard InChI is InChI=1S/C83H143N2O6P/c1-6-8-10-12-14-16-18-20-22-24-26-28-30-32-34-36-37-38-39-40-41-42-43-44-45-46-47-49-51-53-55-57-59-61-63-65-67-69-71-73-75-77-83(87)84-81(80-91-92(88,89)90-79-78-85(3,4)5)82(86)76-74-72-70-68-66-64-62-60-58-56-54-52-50-48-35-33-31-29-27-25-23-21-19-17-15-13-11-9-7-2/h8,10,14,16,20,22,26,28,32,34,37-38,40-41,43-44,46-47,51,53,57,59,63,65,74,76,81-82,86H,6-7,9,11-13,15,17-19,21,23-25,27,29-31,33,35-36,39,42,45,48-50,52,54-56,58,60-62,64,66-73,75,77-80H2,1-5H3,(H-,84,87,88,89)/p+1/b10-8-,16-14-,22-20-,28-26-,34-32-,38-37-,41-40-,44-43-,47-46-,53-51-,59-57-,65-63-,76-74+. The molecule has 3 N–H and O–H groups in total. The molecule has 0 aliphatic rings. The monoisotopic (exact) mass is 1300 g/mol. The average molecular weight is 1300 g/mol. The summed E-state index contributed by atoms with van der Waals surface area (Å²) in [6.07, 6.45) is 111. The number of nitrogens with zero attached hydrogens (tertiary/aromatic N) is 1. The summed E-state index contributed by atoms with van der Waals surface area (Å²) in [5.74, 6) is -0.204. The molecule has 0 saturated heterocycles. The number of aliphatic hydroxyl groups is 1. The highest BCUT2D eigenvalue weighted by atomic mass is 31.2. The molecule has 8 nitrogen and oxygen atoms in total. The van der Waals surface area contributed by atoms with Crippen LogP contribution in [0.5, 0.6) is 0 Å². The van der Waals surface area contributed by atoms with Crippen molar-refractivity contribution in [3.05, 3.63) is 158 Å². The van der Waals surface area contributed by atoms with Gasteiger partial charge in [0.25, 0.3) is 0 Å². The van der Waals surface area contributed by atoms with Crippen LogP contribution in [0.2, 0.25) is 0 Å². The Morgan fingerprint density at radius 2 is 0.652 bits per heavy atom. The predicted molar refractivity (Wildman–Crippen MR) is 405 cm³/mol. The molecule has 3 unspecified atom stereocenters. The highest BCUT2D eigenvalue weighted by Crippen LogP contribution is 2.43. The minimum Gasteiger partial charge on any atom is -0.387 e. The molecule has 0 fully saturated rings. The maximum atomic E-state index is 13.1. The van der Waals surface area contributed by atoms with Crippen LogP contribution in [0.4, 0.5) is 0 Å². The second-order valence-electron chi connectivity index (χ2n) is 26.3. The number of unbranched alkanes of at least 4 members (excludes halogenated alkanes) is 31. The van der Waals surface area contributed by atoms with Gasteiger partial charge < -0.3 is 19.8 Å². The highest BCUT2D eigenvalue weighted by Gasteiger charge is 2.28. The molecule has 92 heavy (non-hydrogen) atoms. The van der Waals surface area contributed by atoms with Crippen molar-refractivity contribution in [1.29, 1.82) is 0 Å². The first-order chi connectivity index (χ1) is 45.0. The SMILES string of the molecule is CC/C=C\C/C=C\C/C=C\C/C=C\C/C=C\C/C=C\C/C=C\C/C=C\C/C=C\C/C=C\C/C=C\C/C=C\CCCCCCC(=O)NC(COP(=O)(O)OCC[N+](C)(C)C)C(O)/C=C/CCCCCCCCCCCCCCCCCCCCCCCCCCCCC. The van der Waals surface area contributed by atoms with Gasteiger partial charge in [-0.25, -0.2) is 4.57 Å². The Labute approximate surface area is 569 Å². The van der Waals surface area contributed by atoms with Gasteiger partial charge in [0, 0.05) is 6.42 Å². The van der Waals surface area contributed by atoms with Crippen LogP contribution in [0, 0.1) is 0 Å². The summed E-state index contributed by atoms with van der Waals surface area (Å²) in [5, 5.41) is 14.0. The Bertz CT molecular complexity index is 2060. The molecule has 0 heterocycles. The molecular weight excluding hydrogens is 1150 g/mol. The lowest BCUT2D eigenvalue weighted by Crippen LogP contribution is -2.45. The first kappa shape index (κ1) is 88.1. The fourth-order valence-electron chi connectivity index (χ4n) is 10.4. The van der Waals surface area contributed by atoms with Gasteiger partial charge in [0.05, 0.1) is 39.9 Å². The lowest BCUT2D eigenvalue weighted by atomic mass is 10.0. The largest absolute Gasteiger partial charge is 0.472 e. The molecule has 1 amide bonds. The zero-order chi connectivity index (χ0) is 66.9. The quantitative estimate of drug-likeness (QED) is 0.0243. The van der Waals surface area contributed by atoms with E-state index < -0.39 is 20.0 Å². The Hall–Kier alpha value is -3.88. The third kappa shape index (κ3) is 73.5. The van der Waals surface area contributed by atoms with Crippen LogP contribution in [0.25, 0.3) is 0 Å². The number of phosphoric ester groups is 1. The van der Waals surface area contributed by atoms with Gasteiger partial charge in [0.2, 0.25) is 5.91 Å². The summed E-state index contributed by atoms with van der Waals surface area (Å²) in [6.45, 7) is 4.70. The summed E-state index contributed by atoms with van der Waals surface area (Å²) in [6, 6.07) is -0.874. The van der Waals surface area contributed by atoms with Gasteiger partial charge in [-0.2, -0.15) is 0 Å². The number of carbonyl (C=O) groups is 1. The van der Waals surface area contributed by atoms with Crippen molar-refractivity contribution < 1.29 is 32.9 Å². The minimum absolute atomic E-state index is 0.0486. The van der Waals surface area contributed by atoms with Crippen molar-refractivity contribution in [3.63, 3.8) is 0 Å². The van der Waals surface area contributed by atoms with Crippen molar-refractivity contribution in [2.75, 3.05) is 40.9 Å². The minimum atomic E-state index is -4.38. The van der Waals surface area contributed by atoms with E-state index in [1.54, 1.807) is 6.08 Å². The van der Waals surface area contributed by atoms with E-state index in [2.05, 4.69) is 165 Å². The number of rotatable bonds is 68. The normalized spacial score (nSPS) is 14.5. The van der Waals surface area contributed by atoms with Gasteiger partial charge in [0.1, 0.15) is 13.2 Å². The fraction of sp³-hybridized carbons (Fsp3) is 0.675. The van der Waals surface area contributed by atoms with Crippen molar-refractivity contribution >= 4 is 13.7 Å². The zero-order valence-corrected chi connectivity index (χ0v) is 61.1. The van der Waals surface area contributed by atoms with Crippen molar-refractivity contribution in [3.8, 4) is 0 Å². The molecule has 0 aromatic heterocycles. The Kier molecular flexibility index (Phi) is 68.4. The molecule has 9 heteroatoms. The van der Waals surface area contributed by atoms with Gasteiger partial charge in [0.15, 0.2) is 0 Å². The highest BCUT2D eigenvalue weighted by molar-refractivity contribution is 7.47. The summed E-state index contributed by atoms with van der Waals surface area (Å²) in [5.41, 5.74) is 0. The fourth-order valence-corrected chi connectivity index (χ4v) is 11.2. The van der Waals surface area contributed by atoms with Gasteiger partial charge in [-0.1, -0.05) is 352 Å². The predicted octanol–water partition coefficient (Wildman–Crippen LogP) is 24.9. The summed E-state index contributed by atoms with van der Waals surface area (Å²) in [7, 11) is 1.54. The van der Waals surface area contributed by atoms with E-state index in [9.17, 15) is 19.4 Å². The summed E-state index contributed by atoms with van der Waals surface area (Å²) < 4.78 is 23.8. The van der Waals surface area contributed by atoms with Gasteiger partial charge in [-0.05, 0) is 109 Å². The van der Waals surface area contributed by atoms with Crippen LogP contribution in [0.15, 0.2) is 158 Å².